The molecule has 6 nitrogen and oxygen atoms in total. The van der Waals surface area contributed by atoms with Gasteiger partial charge < -0.3 is 16.2 Å². The predicted octanol–water partition coefficient (Wildman–Crippen LogP) is 4.77. The van der Waals surface area contributed by atoms with E-state index in [1.165, 1.54) is 19.3 Å². The smallest absolute Gasteiger partial charge is 0.326 e. The summed E-state index contributed by atoms with van der Waals surface area (Å²) in [5.74, 6) is -0.348. The Morgan fingerprint density at radius 1 is 0.966 bits per heavy atom. The standard InChI is InChI=1S/C23H31N3O3/c24-23(29)26-20-17(15-9-4-3-5-10-15)13-8-14-18(20)19(22(26)28)21(27)25-16-11-6-1-2-7-12-16/h8,13-16,28H,1-7,9-12H2,(H2,24,29)(H,25,27). The molecular formula is C23H31N3O3. The topological polar surface area (TPSA) is 97.3 Å². The Bertz CT molecular complexity index is 904. The number of rotatable bonds is 3. The highest BCUT2D eigenvalue weighted by Gasteiger charge is 2.29. The molecule has 29 heavy (non-hydrogen) atoms. The number of aromatic hydroxyl groups is 1. The second-order valence-electron chi connectivity index (χ2n) is 8.61. The number of nitrogens with one attached hydrogen (secondary N) is 1. The van der Waals surface area contributed by atoms with Gasteiger partial charge in [-0.2, -0.15) is 0 Å². The Kier molecular flexibility index (Phi) is 5.79. The Morgan fingerprint density at radius 3 is 2.24 bits per heavy atom. The third kappa shape index (κ3) is 3.85. The molecule has 0 radical (unpaired) electrons. The van der Waals surface area contributed by atoms with Gasteiger partial charge in [0, 0.05) is 11.4 Å². The summed E-state index contributed by atoms with van der Waals surface area (Å²) in [5.41, 5.74) is 7.39. The molecule has 2 aromatic rings. The van der Waals surface area contributed by atoms with Crippen LogP contribution in [0.2, 0.25) is 0 Å². The van der Waals surface area contributed by atoms with Gasteiger partial charge in [-0.15, -0.1) is 0 Å². The van der Waals surface area contributed by atoms with Gasteiger partial charge in [0.1, 0.15) is 5.56 Å². The molecule has 2 fully saturated rings. The Balaban J connectivity index is 1.77. The molecular weight excluding hydrogens is 366 g/mol. The quantitative estimate of drug-likeness (QED) is 0.651. The van der Waals surface area contributed by atoms with Crippen LogP contribution in [-0.2, 0) is 0 Å². The largest absolute Gasteiger partial charge is 0.494 e. The van der Waals surface area contributed by atoms with Gasteiger partial charge in [0.2, 0.25) is 5.88 Å². The number of carbonyl (C=O) groups is 2. The molecule has 0 aliphatic heterocycles. The molecule has 4 N–H and O–H groups in total. The lowest BCUT2D eigenvalue weighted by molar-refractivity contribution is 0.0932. The zero-order valence-electron chi connectivity index (χ0n) is 17.0. The van der Waals surface area contributed by atoms with E-state index in [4.69, 9.17) is 5.73 Å². The molecule has 2 aliphatic rings. The van der Waals surface area contributed by atoms with Gasteiger partial charge in [-0.3, -0.25) is 4.79 Å². The van der Waals surface area contributed by atoms with E-state index in [-0.39, 0.29) is 23.4 Å². The number of primary amides is 1. The maximum absolute atomic E-state index is 13.1. The van der Waals surface area contributed by atoms with E-state index in [0.29, 0.717) is 16.8 Å². The monoisotopic (exact) mass is 397 g/mol. The number of para-hydroxylation sites is 1. The molecule has 0 bridgehead atoms. The van der Waals surface area contributed by atoms with E-state index in [9.17, 15) is 14.7 Å². The van der Waals surface area contributed by atoms with E-state index in [0.717, 1.165) is 61.5 Å². The van der Waals surface area contributed by atoms with Crippen LogP contribution in [0.25, 0.3) is 10.9 Å². The number of nitrogens with zero attached hydrogens (tertiary/aromatic N) is 1. The van der Waals surface area contributed by atoms with Crippen molar-refractivity contribution in [1.82, 2.24) is 9.88 Å². The van der Waals surface area contributed by atoms with E-state index >= 15 is 0 Å². The molecule has 2 amide bonds. The van der Waals surface area contributed by atoms with Gasteiger partial charge in [-0.25, -0.2) is 9.36 Å². The van der Waals surface area contributed by atoms with E-state index in [2.05, 4.69) is 5.32 Å². The van der Waals surface area contributed by atoms with Crippen LogP contribution in [0, 0.1) is 0 Å². The molecule has 2 saturated carbocycles. The second kappa shape index (κ2) is 8.47. The highest BCUT2D eigenvalue weighted by atomic mass is 16.3. The number of fused-ring (bicyclic) bond motifs is 1. The number of aromatic nitrogens is 1. The van der Waals surface area contributed by atoms with Crippen LogP contribution in [0.3, 0.4) is 0 Å². The number of hydrogen-bond donors (Lipinski definition) is 3. The molecule has 0 unspecified atom stereocenters. The van der Waals surface area contributed by atoms with E-state index < -0.39 is 6.03 Å². The summed E-state index contributed by atoms with van der Waals surface area (Å²) in [7, 11) is 0. The molecule has 1 aromatic heterocycles. The third-order valence-electron chi connectivity index (χ3n) is 6.68. The second-order valence-corrected chi connectivity index (χ2v) is 8.61. The summed E-state index contributed by atoms with van der Waals surface area (Å²) in [6, 6.07) is 5.08. The summed E-state index contributed by atoms with van der Waals surface area (Å²) < 4.78 is 1.13. The number of carbonyl (C=O) groups excluding carboxylic acids is 2. The van der Waals surface area contributed by atoms with Crippen molar-refractivity contribution in [2.75, 3.05) is 0 Å². The first kappa shape index (κ1) is 19.8. The van der Waals surface area contributed by atoms with Crippen molar-refractivity contribution in [2.24, 2.45) is 5.73 Å². The zero-order valence-corrected chi connectivity index (χ0v) is 17.0. The lowest BCUT2D eigenvalue weighted by Crippen LogP contribution is -2.34. The minimum Gasteiger partial charge on any atom is -0.494 e. The zero-order chi connectivity index (χ0) is 20.4. The van der Waals surface area contributed by atoms with Crippen molar-refractivity contribution >= 4 is 22.8 Å². The number of hydrogen-bond acceptors (Lipinski definition) is 3. The fraction of sp³-hybridized carbons (Fsp3) is 0.565. The fourth-order valence-electron chi connectivity index (χ4n) is 5.21. The highest BCUT2D eigenvalue weighted by Crippen LogP contribution is 2.40. The van der Waals surface area contributed by atoms with Crippen LogP contribution >= 0.6 is 0 Å². The summed E-state index contributed by atoms with van der Waals surface area (Å²) in [5, 5.41) is 14.6. The SMILES string of the molecule is NC(=O)n1c(O)c(C(=O)NC2CCCCCC2)c2cccc(C3CCCCC3)c21. The van der Waals surface area contributed by atoms with Gasteiger partial charge in [-0.05, 0) is 37.2 Å². The number of amides is 2. The highest BCUT2D eigenvalue weighted by molar-refractivity contribution is 6.13. The predicted molar refractivity (Wildman–Crippen MR) is 113 cm³/mol. The lowest BCUT2D eigenvalue weighted by Gasteiger charge is -2.23. The molecule has 6 heteroatoms. The molecule has 0 atom stereocenters. The van der Waals surface area contributed by atoms with E-state index in [1.54, 1.807) is 0 Å². The normalized spacial score (nSPS) is 19.2. The first-order valence-corrected chi connectivity index (χ1v) is 11.0. The van der Waals surface area contributed by atoms with Crippen molar-refractivity contribution in [1.29, 1.82) is 0 Å². The minimum atomic E-state index is -0.760. The van der Waals surface area contributed by atoms with Crippen molar-refractivity contribution in [3.8, 4) is 5.88 Å². The maximum Gasteiger partial charge on any atom is 0.326 e. The molecule has 4 rings (SSSR count). The van der Waals surface area contributed by atoms with Crippen LogP contribution in [0.15, 0.2) is 18.2 Å². The first-order chi connectivity index (χ1) is 14.1. The van der Waals surface area contributed by atoms with Gasteiger partial charge in [-0.1, -0.05) is 63.1 Å². The molecule has 1 aromatic carbocycles. The average Bonchev–Trinajstić information content (AvgIpc) is 2.84. The Labute approximate surface area is 171 Å². The number of benzene rings is 1. The minimum absolute atomic E-state index is 0.109. The summed E-state index contributed by atoms with van der Waals surface area (Å²) in [4.78, 5) is 25.4. The van der Waals surface area contributed by atoms with Crippen molar-refractivity contribution in [3.63, 3.8) is 0 Å². The molecule has 2 aliphatic carbocycles. The van der Waals surface area contributed by atoms with Crippen molar-refractivity contribution in [3.05, 3.63) is 29.3 Å². The van der Waals surface area contributed by atoms with Crippen molar-refractivity contribution < 1.29 is 14.7 Å². The molecule has 156 valence electrons. The Morgan fingerprint density at radius 2 is 1.59 bits per heavy atom. The van der Waals surface area contributed by atoms with Crippen LogP contribution in [0.4, 0.5) is 4.79 Å². The van der Waals surface area contributed by atoms with Gasteiger partial charge in [0.15, 0.2) is 0 Å². The maximum atomic E-state index is 13.1. The summed E-state index contributed by atoms with van der Waals surface area (Å²) >= 11 is 0. The van der Waals surface area contributed by atoms with Gasteiger partial charge in [0.05, 0.1) is 5.52 Å². The van der Waals surface area contributed by atoms with E-state index in [1.807, 2.05) is 18.2 Å². The van der Waals surface area contributed by atoms with Crippen LogP contribution in [0.1, 0.15) is 92.5 Å². The van der Waals surface area contributed by atoms with Crippen LogP contribution in [-0.4, -0.2) is 27.7 Å². The van der Waals surface area contributed by atoms with Crippen molar-refractivity contribution in [2.45, 2.75) is 82.6 Å². The average molecular weight is 398 g/mol. The van der Waals surface area contributed by atoms with Crippen LogP contribution in [0.5, 0.6) is 5.88 Å². The lowest BCUT2D eigenvalue weighted by atomic mass is 9.83. The van der Waals surface area contributed by atoms with Gasteiger partial charge >= 0.3 is 6.03 Å². The first-order valence-electron chi connectivity index (χ1n) is 11.0. The Hall–Kier alpha value is -2.50. The summed E-state index contributed by atoms with van der Waals surface area (Å²) in [6.07, 6.45) is 12.1. The molecule has 0 saturated heterocycles. The molecule has 1 heterocycles. The summed E-state index contributed by atoms with van der Waals surface area (Å²) in [6.45, 7) is 0. The fourth-order valence-corrected chi connectivity index (χ4v) is 5.21. The molecule has 0 spiro atoms. The number of nitrogens with two attached hydrogens (primary N) is 1. The van der Waals surface area contributed by atoms with Crippen LogP contribution < -0.4 is 11.1 Å². The third-order valence-corrected chi connectivity index (χ3v) is 6.68. The van der Waals surface area contributed by atoms with Gasteiger partial charge in [0.25, 0.3) is 5.91 Å².